The van der Waals surface area contributed by atoms with E-state index in [0.717, 1.165) is 31.2 Å². The van der Waals surface area contributed by atoms with Gasteiger partial charge in [0.25, 0.3) is 5.91 Å². The van der Waals surface area contributed by atoms with Crippen LogP contribution in [0.1, 0.15) is 38.2 Å². The minimum absolute atomic E-state index is 0.110. The molecular formula is C24H29ClN2O3. The molecule has 0 unspecified atom stereocenters. The van der Waals surface area contributed by atoms with Gasteiger partial charge in [-0.3, -0.25) is 9.59 Å². The van der Waals surface area contributed by atoms with E-state index in [2.05, 4.69) is 5.32 Å². The summed E-state index contributed by atoms with van der Waals surface area (Å²) in [7, 11) is 0. The fraction of sp³-hybridized carbons (Fsp3) is 0.417. The van der Waals surface area contributed by atoms with Crippen molar-refractivity contribution < 1.29 is 14.3 Å². The molecule has 0 bridgehead atoms. The van der Waals surface area contributed by atoms with Crippen molar-refractivity contribution in [3.05, 3.63) is 65.2 Å². The molecule has 0 aliphatic heterocycles. The summed E-state index contributed by atoms with van der Waals surface area (Å²) in [5, 5.41) is 3.55. The lowest BCUT2D eigenvalue weighted by molar-refractivity contribution is -0.141. The van der Waals surface area contributed by atoms with Crippen molar-refractivity contribution >= 4 is 23.4 Å². The topological polar surface area (TPSA) is 58.6 Å². The maximum absolute atomic E-state index is 13.0. The smallest absolute Gasteiger partial charge is 0.261 e. The molecule has 0 radical (unpaired) electrons. The average molecular weight is 429 g/mol. The zero-order valence-corrected chi connectivity index (χ0v) is 18.1. The number of ether oxygens (including phenoxy) is 1. The van der Waals surface area contributed by atoms with E-state index >= 15 is 0 Å². The van der Waals surface area contributed by atoms with Gasteiger partial charge in [-0.15, -0.1) is 0 Å². The summed E-state index contributed by atoms with van der Waals surface area (Å²) in [5.41, 5.74) is 1.12. The minimum atomic E-state index is -0.573. The Labute approximate surface area is 183 Å². The van der Waals surface area contributed by atoms with Crippen LogP contribution in [0.4, 0.5) is 0 Å². The Bertz CT molecular complexity index is 837. The summed E-state index contributed by atoms with van der Waals surface area (Å²) in [6.45, 7) is 2.05. The van der Waals surface area contributed by atoms with Gasteiger partial charge < -0.3 is 15.0 Å². The van der Waals surface area contributed by atoms with Crippen LogP contribution in [0.5, 0.6) is 5.75 Å². The van der Waals surface area contributed by atoms with E-state index in [1.165, 1.54) is 0 Å². The molecule has 1 aliphatic rings. The maximum Gasteiger partial charge on any atom is 0.261 e. The number of nitrogens with one attached hydrogen (secondary N) is 1. The van der Waals surface area contributed by atoms with Crippen molar-refractivity contribution in [3.8, 4) is 5.75 Å². The van der Waals surface area contributed by atoms with Gasteiger partial charge in [0.2, 0.25) is 5.91 Å². The Kier molecular flexibility index (Phi) is 8.14. The first-order valence-electron chi connectivity index (χ1n) is 10.6. The summed E-state index contributed by atoms with van der Waals surface area (Å²) in [6, 6.07) is 16.6. The molecule has 2 aromatic rings. The molecule has 2 amide bonds. The Morgan fingerprint density at radius 3 is 2.47 bits per heavy atom. The van der Waals surface area contributed by atoms with Gasteiger partial charge in [-0.25, -0.2) is 0 Å². The predicted octanol–water partition coefficient (Wildman–Crippen LogP) is 4.24. The monoisotopic (exact) mass is 428 g/mol. The fourth-order valence-corrected chi connectivity index (χ4v) is 3.94. The van der Waals surface area contributed by atoms with E-state index < -0.39 is 6.04 Å². The Balaban J connectivity index is 1.66. The minimum Gasteiger partial charge on any atom is -0.482 e. The number of amides is 2. The highest BCUT2D eigenvalue weighted by Gasteiger charge is 2.28. The molecule has 1 saturated carbocycles. The van der Waals surface area contributed by atoms with E-state index in [0.29, 0.717) is 23.7 Å². The number of carbonyl (C=O) groups excluding carboxylic acids is 2. The number of benzene rings is 2. The zero-order valence-electron chi connectivity index (χ0n) is 17.4. The summed E-state index contributed by atoms with van der Waals surface area (Å²) < 4.78 is 5.64. The van der Waals surface area contributed by atoms with Crippen LogP contribution in [0.15, 0.2) is 54.6 Å². The SMILES string of the molecule is C[C@@H](C(=O)NC1CCCC1)N(CCc1ccccc1)C(=O)COc1ccccc1Cl. The lowest BCUT2D eigenvalue weighted by atomic mass is 10.1. The zero-order chi connectivity index (χ0) is 21.3. The normalized spacial score (nSPS) is 14.9. The third-order valence-electron chi connectivity index (χ3n) is 5.54. The number of nitrogens with zero attached hydrogens (tertiary/aromatic N) is 1. The molecule has 1 aliphatic carbocycles. The summed E-state index contributed by atoms with van der Waals surface area (Å²) in [4.78, 5) is 27.4. The first-order valence-corrected chi connectivity index (χ1v) is 10.9. The first kappa shape index (κ1) is 22.2. The van der Waals surface area contributed by atoms with E-state index in [1.807, 2.05) is 30.3 Å². The second-order valence-corrected chi connectivity index (χ2v) is 8.11. The molecule has 6 heteroatoms. The standard InChI is InChI=1S/C24H29ClN2O3/c1-18(24(29)26-20-11-5-6-12-20)27(16-15-19-9-3-2-4-10-19)23(28)17-30-22-14-8-7-13-21(22)25/h2-4,7-10,13-14,18,20H,5-6,11-12,15-17H2,1H3,(H,26,29)/t18-/m0/s1. The van der Waals surface area contributed by atoms with Crippen LogP contribution in [0, 0.1) is 0 Å². The second kappa shape index (κ2) is 11.0. The van der Waals surface area contributed by atoms with Gasteiger partial charge in [-0.2, -0.15) is 0 Å². The van der Waals surface area contributed by atoms with E-state index in [9.17, 15) is 9.59 Å². The van der Waals surface area contributed by atoms with Crippen molar-refractivity contribution in [2.45, 2.75) is 51.1 Å². The molecule has 160 valence electrons. The van der Waals surface area contributed by atoms with Gasteiger partial charge in [0.05, 0.1) is 5.02 Å². The predicted molar refractivity (Wildman–Crippen MR) is 119 cm³/mol. The van der Waals surface area contributed by atoms with Crippen LogP contribution in [0.25, 0.3) is 0 Å². The van der Waals surface area contributed by atoms with Crippen molar-refractivity contribution in [1.82, 2.24) is 10.2 Å². The van der Waals surface area contributed by atoms with Crippen LogP contribution in [0.2, 0.25) is 5.02 Å². The molecule has 0 saturated heterocycles. The van der Waals surface area contributed by atoms with Gasteiger partial charge in [-0.05, 0) is 43.9 Å². The molecule has 3 rings (SSSR count). The molecule has 1 atom stereocenters. The molecule has 5 nitrogen and oxygen atoms in total. The van der Waals surface area contributed by atoms with Gasteiger partial charge in [0.15, 0.2) is 6.61 Å². The van der Waals surface area contributed by atoms with E-state index in [4.69, 9.17) is 16.3 Å². The highest BCUT2D eigenvalue weighted by molar-refractivity contribution is 6.32. The third-order valence-corrected chi connectivity index (χ3v) is 5.85. The molecule has 30 heavy (non-hydrogen) atoms. The summed E-state index contributed by atoms with van der Waals surface area (Å²) >= 11 is 6.12. The largest absolute Gasteiger partial charge is 0.482 e. The molecule has 0 aromatic heterocycles. The maximum atomic E-state index is 13.0. The number of halogens is 1. The van der Waals surface area contributed by atoms with Crippen LogP contribution in [0.3, 0.4) is 0 Å². The quantitative estimate of drug-likeness (QED) is 0.650. The van der Waals surface area contributed by atoms with Crippen molar-refractivity contribution in [2.24, 2.45) is 0 Å². The lowest BCUT2D eigenvalue weighted by Crippen LogP contribution is -2.51. The van der Waals surface area contributed by atoms with Crippen LogP contribution in [-0.2, 0) is 16.0 Å². The number of rotatable bonds is 9. The average Bonchev–Trinajstić information content (AvgIpc) is 3.27. The fourth-order valence-electron chi connectivity index (χ4n) is 3.75. The van der Waals surface area contributed by atoms with Gasteiger partial charge in [0, 0.05) is 12.6 Å². The highest BCUT2D eigenvalue weighted by Crippen LogP contribution is 2.23. The summed E-state index contributed by atoms with van der Waals surface area (Å²) in [6.07, 6.45) is 4.96. The molecule has 0 heterocycles. The number of hydrogen-bond donors (Lipinski definition) is 1. The van der Waals surface area contributed by atoms with Crippen molar-refractivity contribution in [2.75, 3.05) is 13.2 Å². The van der Waals surface area contributed by atoms with Gasteiger partial charge in [-0.1, -0.05) is 66.9 Å². The van der Waals surface area contributed by atoms with E-state index in [1.54, 1.807) is 36.1 Å². The molecule has 1 N–H and O–H groups in total. The number of hydrogen-bond acceptors (Lipinski definition) is 3. The molecule has 2 aromatic carbocycles. The molecular weight excluding hydrogens is 400 g/mol. The van der Waals surface area contributed by atoms with Crippen LogP contribution in [-0.4, -0.2) is 41.9 Å². The van der Waals surface area contributed by atoms with Crippen LogP contribution >= 0.6 is 11.6 Å². The highest BCUT2D eigenvalue weighted by atomic mass is 35.5. The van der Waals surface area contributed by atoms with Crippen molar-refractivity contribution in [3.63, 3.8) is 0 Å². The third kappa shape index (κ3) is 6.23. The number of para-hydroxylation sites is 1. The van der Waals surface area contributed by atoms with Gasteiger partial charge in [0.1, 0.15) is 11.8 Å². The number of carbonyl (C=O) groups is 2. The Hall–Kier alpha value is -2.53. The first-order chi connectivity index (χ1) is 14.5. The summed E-state index contributed by atoms with van der Waals surface area (Å²) in [5.74, 6) is 0.111. The second-order valence-electron chi connectivity index (χ2n) is 7.71. The lowest BCUT2D eigenvalue weighted by Gasteiger charge is -2.29. The Morgan fingerprint density at radius 1 is 1.10 bits per heavy atom. The van der Waals surface area contributed by atoms with Crippen molar-refractivity contribution in [1.29, 1.82) is 0 Å². The molecule has 1 fully saturated rings. The van der Waals surface area contributed by atoms with Gasteiger partial charge >= 0.3 is 0 Å². The Morgan fingerprint density at radius 2 is 1.77 bits per heavy atom. The van der Waals surface area contributed by atoms with Crippen LogP contribution < -0.4 is 10.1 Å². The van der Waals surface area contributed by atoms with E-state index in [-0.39, 0.29) is 24.5 Å². The molecule has 0 spiro atoms.